The van der Waals surface area contributed by atoms with Crippen molar-refractivity contribution in [2.75, 3.05) is 0 Å². The number of carbonyl (C=O) groups is 2. The van der Waals surface area contributed by atoms with E-state index in [0.29, 0.717) is 12.0 Å². The molecule has 4 aliphatic rings. The van der Waals surface area contributed by atoms with Gasteiger partial charge in [0.25, 0.3) is 0 Å². The largest absolute Gasteiger partial charge is 0.472 e. The third-order valence-corrected chi connectivity index (χ3v) is 8.29. The molecule has 5 rings (SSSR count). The van der Waals surface area contributed by atoms with Crippen LogP contribution < -0.4 is 0 Å². The highest BCUT2D eigenvalue weighted by molar-refractivity contribution is 5.86. The highest BCUT2D eigenvalue weighted by Crippen LogP contribution is 2.69. The van der Waals surface area contributed by atoms with Gasteiger partial charge in [-0.3, -0.25) is 0 Å². The number of hydrogen-bond acceptors (Lipinski definition) is 8. The lowest BCUT2D eigenvalue weighted by Crippen LogP contribution is -2.74. The Labute approximate surface area is 161 Å². The Hall–Kier alpha value is -1.90. The molecule has 28 heavy (non-hydrogen) atoms. The van der Waals surface area contributed by atoms with E-state index in [4.69, 9.17) is 13.9 Å². The van der Waals surface area contributed by atoms with Gasteiger partial charge < -0.3 is 29.2 Å². The number of aliphatic hydroxyl groups is 3. The van der Waals surface area contributed by atoms with Crippen molar-refractivity contribution in [2.45, 2.75) is 69.0 Å². The van der Waals surface area contributed by atoms with Crippen LogP contribution in [0.2, 0.25) is 0 Å². The summed E-state index contributed by atoms with van der Waals surface area (Å²) in [6.45, 7) is 3.56. The Balaban J connectivity index is 1.63. The molecule has 8 atom stereocenters. The van der Waals surface area contributed by atoms with Crippen molar-refractivity contribution in [1.82, 2.24) is 0 Å². The molecule has 1 aromatic heterocycles. The lowest BCUT2D eigenvalue weighted by atomic mass is 9.41. The van der Waals surface area contributed by atoms with Crippen LogP contribution in [0.25, 0.3) is 0 Å². The number of hydrogen-bond donors (Lipinski definition) is 3. The average molecular weight is 392 g/mol. The number of carbonyl (C=O) groups excluding carboxylic acids is 2. The molecule has 0 unspecified atom stereocenters. The fourth-order valence-corrected chi connectivity index (χ4v) is 6.47. The summed E-state index contributed by atoms with van der Waals surface area (Å²) >= 11 is 0. The number of rotatable bonds is 1. The van der Waals surface area contributed by atoms with E-state index in [1.807, 2.05) is 6.92 Å². The van der Waals surface area contributed by atoms with Crippen molar-refractivity contribution in [3.05, 3.63) is 24.2 Å². The lowest BCUT2D eigenvalue weighted by molar-refractivity contribution is -0.280. The van der Waals surface area contributed by atoms with E-state index < -0.39 is 58.2 Å². The van der Waals surface area contributed by atoms with E-state index in [-0.39, 0.29) is 19.3 Å². The molecule has 2 aliphatic carbocycles. The highest BCUT2D eigenvalue weighted by atomic mass is 16.6. The molecule has 2 saturated heterocycles. The quantitative estimate of drug-likeness (QED) is 0.600. The zero-order valence-corrected chi connectivity index (χ0v) is 15.8. The summed E-state index contributed by atoms with van der Waals surface area (Å²) in [4.78, 5) is 25.4. The number of aliphatic hydroxyl groups excluding tert-OH is 1. The highest BCUT2D eigenvalue weighted by Gasteiger charge is 2.79. The van der Waals surface area contributed by atoms with E-state index in [1.165, 1.54) is 12.5 Å². The minimum atomic E-state index is -2.06. The molecule has 0 radical (unpaired) electrons. The monoisotopic (exact) mass is 392 g/mol. The summed E-state index contributed by atoms with van der Waals surface area (Å²) in [5.41, 5.74) is -5.14. The minimum absolute atomic E-state index is 0.0282. The Morgan fingerprint density at radius 2 is 1.82 bits per heavy atom. The third kappa shape index (κ3) is 1.78. The third-order valence-electron chi connectivity index (χ3n) is 8.29. The van der Waals surface area contributed by atoms with Crippen LogP contribution in [-0.2, 0) is 19.1 Å². The van der Waals surface area contributed by atoms with Crippen molar-refractivity contribution >= 4 is 11.9 Å². The first-order valence-electron chi connectivity index (χ1n) is 9.65. The Morgan fingerprint density at radius 3 is 2.50 bits per heavy atom. The first kappa shape index (κ1) is 18.1. The maximum atomic E-state index is 12.9. The van der Waals surface area contributed by atoms with E-state index in [0.717, 1.165) is 0 Å². The van der Waals surface area contributed by atoms with E-state index >= 15 is 0 Å². The first-order chi connectivity index (χ1) is 13.1. The van der Waals surface area contributed by atoms with Crippen LogP contribution in [0.15, 0.2) is 23.0 Å². The van der Waals surface area contributed by atoms with Gasteiger partial charge in [0, 0.05) is 16.4 Å². The molecule has 0 aromatic carbocycles. The molecule has 0 amide bonds. The van der Waals surface area contributed by atoms with Gasteiger partial charge in [-0.15, -0.1) is 0 Å². The number of furan rings is 1. The summed E-state index contributed by atoms with van der Waals surface area (Å²) < 4.78 is 16.0. The fraction of sp³-hybridized carbons (Fsp3) is 0.700. The van der Waals surface area contributed by atoms with Crippen molar-refractivity contribution in [2.24, 2.45) is 16.7 Å². The zero-order chi connectivity index (χ0) is 20.1. The Kier molecular flexibility index (Phi) is 3.35. The molecule has 1 aromatic rings. The van der Waals surface area contributed by atoms with Gasteiger partial charge in [0.1, 0.15) is 18.3 Å². The summed E-state index contributed by atoms with van der Waals surface area (Å²) in [6.07, 6.45) is 0.987. The number of cyclic esters (lactones) is 1. The van der Waals surface area contributed by atoms with Gasteiger partial charge in [-0.25, -0.2) is 9.59 Å². The van der Waals surface area contributed by atoms with Gasteiger partial charge in [-0.2, -0.15) is 0 Å². The zero-order valence-electron chi connectivity index (χ0n) is 15.8. The predicted octanol–water partition coefficient (Wildman–Crippen LogP) is 0.842. The van der Waals surface area contributed by atoms with Crippen LogP contribution in [-0.4, -0.2) is 50.7 Å². The molecular formula is C20H24O8. The van der Waals surface area contributed by atoms with Gasteiger partial charge in [0.2, 0.25) is 0 Å². The van der Waals surface area contributed by atoms with Crippen molar-refractivity contribution in [1.29, 1.82) is 0 Å². The second-order valence-corrected chi connectivity index (χ2v) is 9.29. The number of fused-ring (bicyclic) bond motifs is 6. The van der Waals surface area contributed by atoms with Crippen LogP contribution in [0.3, 0.4) is 0 Å². The van der Waals surface area contributed by atoms with Crippen molar-refractivity contribution in [3.63, 3.8) is 0 Å². The average Bonchev–Trinajstić information content (AvgIpc) is 3.23. The van der Waals surface area contributed by atoms with Crippen LogP contribution in [0.4, 0.5) is 0 Å². The van der Waals surface area contributed by atoms with E-state index in [9.17, 15) is 24.9 Å². The number of esters is 2. The molecule has 2 saturated carbocycles. The van der Waals surface area contributed by atoms with E-state index in [2.05, 4.69) is 0 Å². The van der Waals surface area contributed by atoms with Crippen molar-refractivity contribution in [3.8, 4) is 0 Å². The van der Waals surface area contributed by atoms with Crippen LogP contribution >= 0.6 is 0 Å². The van der Waals surface area contributed by atoms with Crippen LogP contribution in [0.5, 0.6) is 0 Å². The van der Waals surface area contributed by atoms with Gasteiger partial charge in [0.05, 0.1) is 12.5 Å². The molecule has 8 heteroatoms. The molecule has 2 bridgehead atoms. The second-order valence-electron chi connectivity index (χ2n) is 9.29. The summed E-state index contributed by atoms with van der Waals surface area (Å²) in [5, 5.41) is 33.3. The van der Waals surface area contributed by atoms with Gasteiger partial charge in [-0.05, 0) is 37.7 Å². The molecule has 3 heterocycles. The van der Waals surface area contributed by atoms with Crippen LogP contribution in [0.1, 0.15) is 51.2 Å². The molecule has 4 fully saturated rings. The van der Waals surface area contributed by atoms with Gasteiger partial charge >= 0.3 is 11.9 Å². The smallest absolute Gasteiger partial charge is 0.342 e. The molecule has 0 spiro atoms. The fourth-order valence-electron chi connectivity index (χ4n) is 6.47. The minimum Gasteiger partial charge on any atom is -0.472 e. The standard InChI is InChI=1S/C20H24O8/c1-17-4-5-19(24)15(22)28-12(10-3-6-26-9-10)8-18(19,2)13(17)7-11-14(21)20(17,25)16(23)27-11/h3,6,9,11-14,21,24-25H,4-5,7-8H2,1-2H3/t11-,12-,13+,14-,17+,18-,19+,20-/m0/s1. The summed E-state index contributed by atoms with van der Waals surface area (Å²) in [7, 11) is 0. The Bertz CT molecular complexity index is 850. The second kappa shape index (κ2) is 5.17. The van der Waals surface area contributed by atoms with Crippen molar-refractivity contribution < 1.29 is 38.8 Å². The molecule has 2 aliphatic heterocycles. The Morgan fingerprint density at radius 1 is 1.07 bits per heavy atom. The van der Waals surface area contributed by atoms with E-state index in [1.54, 1.807) is 13.0 Å². The topological polar surface area (TPSA) is 126 Å². The summed E-state index contributed by atoms with van der Waals surface area (Å²) in [5.74, 6) is -1.97. The SMILES string of the molecule is C[C@@]12C[C@@H](c3ccoc3)OC(=O)[C@]1(O)CC[C@]1(C)[C@H]2C[C@@H]2OC(=O)[C@@]1(O)[C@H]2O. The maximum absolute atomic E-state index is 12.9. The maximum Gasteiger partial charge on any atom is 0.342 e. The molecular weight excluding hydrogens is 368 g/mol. The number of ether oxygens (including phenoxy) is 2. The molecule has 8 nitrogen and oxygen atoms in total. The molecule has 3 N–H and O–H groups in total. The lowest BCUT2D eigenvalue weighted by Gasteiger charge is -2.65. The molecule has 152 valence electrons. The van der Waals surface area contributed by atoms with Gasteiger partial charge in [-0.1, -0.05) is 13.8 Å². The first-order valence-corrected chi connectivity index (χ1v) is 9.65. The normalized spacial score (nSPS) is 52.5. The summed E-state index contributed by atoms with van der Waals surface area (Å²) in [6, 6.07) is 1.71. The van der Waals surface area contributed by atoms with Gasteiger partial charge in [0.15, 0.2) is 11.2 Å². The van der Waals surface area contributed by atoms with Crippen LogP contribution in [0, 0.1) is 16.7 Å². The predicted molar refractivity (Wildman–Crippen MR) is 91.5 cm³/mol.